The van der Waals surface area contributed by atoms with E-state index < -0.39 is 0 Å². The molecule has 2 aliphatic carbocycles. The summed E-state index contributed by atoms with van der Waals surface area (Å²) in [5.41, 5.74) is 0.931. The Labute approximate surface area is 133 Å². The Bertz CT molecular complexity index is 310. The molecule has 0 aromatic carbocycles. The van der Waals surface area contributed by atoms with Gasteiger partial charge in [0.15, 0.2) is 0 Å². The molecule has 0 amide bonds. The lowest BCUT2D eigenvalue weighted by Gasteiger charge is -2.38. The Hall–Kier alpha value is -0.0800. The number of rotatable bonds is 4. The monoisotopic (exact) mass is 294 g/mol. The Kier molecular flexibility index (Phi) is 5.76. The van der Waals surface area contributed by atoms with E-state index in [1.807, 2.05) is 0 Å². The summed E-state index contributed by atoms with van der Waals surface area (Å²) < 4.78 is 0. The van der Waals surface area contributed by atoms with E-state index in [9.17, 15) is 0 Å². The summed E-state index contributed by atoms with van der Waals surface area (Å²) in [4.78, 5) is 2.49. The molecule has 2 aliphatic rings. The quantitative estimate of drug-likeness (QED) is 0.771. The summed E-state index contributed by atoms with van der Waals surface area (Å²) in [6, 6.07) is 0.759. The van der Waals surface area contributed by atoms with Crippen LogP contribution in [0.1, 0.15) is 78.6 Å². The van der Waals surface area contributed by atoms with Gasteiger partial charge in [-0.3, -0.25) is 0 Å². The fourth-order valence-corrected chi connectivity index (χ4v) is 4.52. The van der Waals surface area contributed by atoms with Crippen molar-refractivity contribution in [3.63, 3.8) is 0 Å². The third-order valence-electron chi connectivity index (χ3n) is 6.40. The molecule has 2 heteroatoms. The molecule has 2 nitrogen and oxygen atoms in total. The summed E-state index contributed by atoms with van der Waals surface area (Å²) >= 11 is 0. The lowest BCUT2D eigenvalue weighted by atomic mass is 9.76. The summed E-state index contributed by atoms with van der Waals surface area (Å²) in [6.45, 7) is 8.46. The average molecular weight is 295 g/mol. The van der Waals surface area contributed by atoms with Crippen molar-refractivity contribution < 1.29 is 0 Å². The molecule has 1 N–H and O–H groups in total. The van der Waals surface area contributed by atoms with Crippen LogP contribution in [0.2, 0.25) is 0 Å². The standard InChI is InChI=1S/C19H38N2/c1-18(2,3)16-9-8-10-17(12-11-16)20-15-19(21(4)5)13-6-7-14-19/h16-17,20H,6-15H2,1-5H3. The second-order valence-corrected chi connectivity index (χ2v) is 8.97. The van der Waals surface area contributed by atoms with Gasteiger partial charge in [0.05, 0.1) is 0 Å². The zero-order valence-corrected chi connectivity index (χ0v) is 15.2. The van der Waals surface area contributed by atoms with Gasteiger partial charge in [-0.15, -0.1) is 0 Å². The number of nitrogens with zero attached hydrogens (tertiary/aromatic N) is 1. The van der Waals surface area contributed by atoms with Crippen LogP contribution in [-0.2, 0) is 0 Å². The highest BCUT2D eigenvalue weighted by atomic mass is 15.2. The fourth-order valence-electron chi connectivity index (χ4n) is 4.52. The van der Waals surface area contributed by atoms with Gasteiger partial charge in [-0.1, -0.05) is 40.0 Å². The van der Waals surface area contributed by atoms with Gasteiger partial charge in [-0.05, 0) is 64.0 Å². The fraction of sp³-hybridized carbons (Fsp3) is 1.00. The lowest BCUT2D eigenvalue weighted by molar-refractivity contribution is 0.147. The van der Waals surface area contributed by atoms with E-state index in [0.717, 1.165) is 12.0 Å². The predicted molar refractivity (Wildman–Crippen MR) is 92.7 cm³/mol. The zero-order valence-electron chi connectivity index (χ0n) is 15.2. The lowest BCUT2D eigenvalue weighted by Crippen LogP contribution is -2.51. The van der Waals surface area contributed by atoms with Crippen molar-refractivity contribution >= 4 is 0 Å². The van der Waals surface area contributed by atoms with E-state index >= 15 is 0 Å². The van der Waals surface area contributed by atoms with Crippen LogP contribution in [0.4, 0.5) is 0 Å². The molecule has 0 heterocycles. The largest absolute Gasteiger partial charge is 0.312 e. The maximum atomic E-state index is 3.96. The smallest absolute Gasteiger partial charge is 0.0327 e. The van der Waals surface area contributed by atoms with E-state index in [0.29, 0.717) is 11.0 Å². The van der Waals surface area contributed by atoms with Crippen LogP contribution >= 0.6 is 0 Å². The Balaban J connectivity index is 1.84. The van der Waals surface area contributed by atoms with Crippen molar-refractivity contribution in [1.29, 1.82) is 0 Å². The number of nitrogens with one attached hydrogen (secondary N) is 1. The molecule has 0 aliphatic heterocycles. The molecule has 21 heavy (non-hydrogen) atoms. The van der Waals surface area contributed by atoms with Crippen molar-refractivity contribution in [3.05, 3.63) is 0 Å². The third kappa shape index (κ3) is 4.45. The second-order valence-electron chi connectivity index (χ2n) is 8.97. The van der Waals surface area contributed by atoms with Crippen LogP contribution in [0, 0.1) is 11.3 Å². The first kappa shape index (κ1) is 17.3. The zero-order chi connectivity index (χ0) is 15.5. The van der Waals surface area contributed by atoms with Gasteiger partial charge in [0.2, 0.25) is 0 Å². The van der Waals surface area contributed by atoms with Crippen molar-refractivity contribution in [1.82, 2.24) is 10.2 Å². The molecule has 0 aromatic heterocycles. The van der Waals surface area contributed by atoms with Gasteiger partial charge in [0, 0.05) is 18.1 Å². The molecular formula is C19H38N2. The van der Waals surface area contributed by atoms with Crippen LogP contribution in [-0.4, -0.2) is 37.1 Å². The minimum absolute atomic E-state index is 0.440. The van der Waals surface area contributed by atoms with Crippen molar-refractivity contribution in [2.45, 2.75) is 90.1 Å². The summed E-state index contributed by atoms with van der Waals surface area (Å²) in [5, 5.41) is 3.96. The molecule has 2 fully saturated rings. The van der Waals surface area contributed by atoms with Gasteiger partial charge in [-0.2, -0.15) is 0 Å². The van der Waals surface area contributed by atoms with E-state index in [4.69, 9.17) is 0 Å². The minimum Gasteiger partial charge on any atom is -0.312 e. The van der Waals surface area contributed by atoms with E-state index in [-0.39, 0.29) is 0 Å². The molecule has 2 saturated carbocycles. The molecule has 2 atom stereocenters. The summed E-state index contributed by atoms with van der Waals surface area (Å²) in [7, 11) is 4.55. The molecule has 2 unspecified atom stereocenters. The van der Waals surface area contributed by atoms with E-state index in [1.165, 1.54) is 64.3 Å². The third-order valence-corrected chi connectivity index (χ3v) is 6.40. The van der Waals surface area contributed by atoms with Crippen LogP contribution in [0.5, 0.6) is 0 Å². The number of hydrogen-bond donors (Lipinski definition) is 1. The van der Waals surface area contributed by atoms with Gasteiger partial charge < -0.3 is 10.2 Å². The van der Waals surface area contributed by atoms with Crippen LogP contribution in [0.15, 0.2) is 0 Å². The number of likely N-dealkylation sites (N-methyl/N-ethyl adjacent to an activating group) is 1. The normalized spacial score (nSPS) is 30.6. The molecule has 0 bridgehead atoms. The maximum absolute atomic E-state index is 3.96. The molecular weight excluding hydrogens is 256 g/mol. The average Bonchev–Trinajstić information content (AvgIpc) is 2.74. The molecule has 0 aromatic rings. The summed E-state index contributed by atoms with van der Waals surface area (Å²) in [6.07, 6.45) is 12.6. The Morgan fingerprint density at radius 2 is 1.62 bits per heavy atom. The van der Waals surface area contributed by atoms with Crippen LogP contribution in [0.25, 0.3) is 0 Å². The molecule has 124 valence electrons. The molecule has 0 saturated heterocycles. The molecule has 2 rings (SSSR count). The first-order valence-corrected chi connectivity index (χ1v) is 9.24. The van der Waals surface area contributed by atoms with E-state index in [2.05, 4.69) is 45.1 Å². The molecule has 0 spiro atoms. The Morgan fingerprint density at radius 3 is 2.19 bits per heavy atom. The van der Waals surface area contributed by atoms with E-state index in [1.54, 1.807) is 0 Å². The van der Waals surface area contributed by atoms with Crippen molar-refractivity contribution in [3.8, 4) is 0 Å². The Morgan fingerprint density at radius 1 is 0.952 bits per heavy atom. The van der Waals surface area contributed by atoms with Crippen molar-refractivity contribution in [2.75, 3.05) is 20.6 Å². The van der Waals surface area contributed by atoms with Gasteiger partial charge >= 0.3 is 0 Å². The highest BCUT2D eigenvalue weighted by molar-refractivity contribution is 4.95. The van der Waals surface area contributed by atoms with Crippen molar-refractivity contribution in [2.24, 2.45) is 11.3 Å². The topological polar surface area (TPSA) is 15.3 Å². The first-order chi connectivity index (χ1) is 9.83. The van der Waals surface area contributed by atoms with Crippen LogP contribution in [0.3, 0.4) is 0 Å². The molecule has 0 radical (unpaired) electrons. The van der Waals surface area contributed by atoms with Crippen LogP contribution < -0.4 is 5.32 Å². The summed E-state index contributed by atoms with van der Waals surface area (Å²) in [5.74, 6) is 0.915. The minimum atomic E-state index is 0.440. The SMILES string of the molecule is CN(C)C1(CNC2CCCC(C(C)(C)C)CC2)CCCC1. The van der Waals surface area contributed by atoms with Gasteiger partial charge in [0.1, 0.15) is 0 Å². The van der Waals surface area contributed by atoms with Gasteiger partial charge in [0.25, 0.3) is 0 Å². The second kappa shape index (κ2) is 7.00. The highest BCUT2D eigenvalue weighted by Gasteiger charge is 2.36. The maximum Gasteiger partial charge on any atom is 0.0327 e. The first-order valence-electron chi connectivity index (χ1n) is 9.24. The predicted octanol–water partition coefficient (Wildman–Crippen LogP) is 4.45. The highest BCUT2D eigenvalue weighted by Crippen LogP contribution is 2.37. The number of hydrogen-bond acceptors (Lipinski definition) is 2. The van der Waals surface area contributed by atoms with Gasteiger partial charge in [-0.25, -0.2) is 0 Å².